The Bertz CT molecular complexity index is 825. The number of nitrogens with two attached hydrogens (primary N) is 1. The predicted octanol–water partition coefficient (Wildman–Crippen LogP) is 1.95. The Labute approximate surface area is 124 Å². The highest BCUT2D eigenvalue weighted by Crippen LogP contribution is 2.30. The zero-order valence-corrected chi connectivity index (χ0v) is 12.1. The third-order valence-corrected chi connectivity index (χ3v) is 4.12. The second-order valence-electron chi connectivity index (χ2n) is 4.35. The maximum atomic E-state index is 12.5. The molecule has 0 aliphatic heterocycles. The topological polar surface area (TPSA) is 90.3 Å². The van der Waals surface area contributed by atoms with Crippen molar-refractivity contribution in [3.8, 4) is 0 Å². The van der Waals surface area contributed by atoms with Crippen LogP contribution in [0.3, 0.4) is 0 Å². The third kappa shape index (κ3) is 3.11. The number of alkyl halides is 3. The first-order valence-electron chi connectivity index (χ1n) is 5.88. The quantitative estimate of drug-likeness (QED) is 0.870. The number of sulfone groups is 1. The average molecular weight is 332 g/mol. The van der Waals surface area contributed by atoms with E-state index >= 15 is 0 Å². The van der Waals surface area contributed by atoms with E-state index in [0.717, 1.165) is 12.1 Å². The van der Waals surface area contributed by atoms with E-state index in [1.807, 2.05) is 0 Å². The summed E-state index contributed by atoms with van der Waals surface area (Å²) in [6, 6.07) is 4.36. The molecule has 2 aromatic rings. The van der Waals surface area contributed by atoms with Crippen molar-refractivity contribution in [2.24, 2.45) is 5.10 Å². The van der Waals surface area contributed by atoms with E-state index in [1.54, 1.807) is 6.92 Å². The number of nitrogens with zero attached hydrogens (tertiary/aromatic N) is 3. The van der Waals surface area contributed by atoms with Gasteiger partial charge in [0.2, 0.25) is 5.95 Å². The van der Waals surface area contributed by atoms with Gasteiger partial charge in [0.05, 0.1) is 23.0 Å². The summed E-state index contributed by atoms with van der Waals surface area (Å²) in [4.78, 5) is 3.05. The molecule has 0 saturated carbocycles. The molecule has 0 unspecified atom stereocenters. The van der Waals surface area contributed by atoms with Crippen LogP contribution in [-0.2, 0) is 9.84 Å². The van der Waals surface area contributed by atoms with Crippen LogP contribution in [0.15, 0.2) is 40.5 Å². The molecular formula is C12H11F3N4O2S. The molecule has 0 aliphatic carbocycles. The number of anilines is 1. The molecule has 0 atom stereocenters. The number of hydrogen-bond acceptors (Lipinski definition) is 5. The molecule has 0 bridgehead atoms. The Kier molecular flexibility index (Phi) is 3.96. The highest BCUT2D eigenvalue weighted by molar-refractivity contribution is 7.92. The number of nitrogen functional groups attached to an aromatic ring is 1. The minimum Gasteiger partial charge on any atom is -0.368 e. The van der Waals surface area contributed by atoms with E-state index < -0.39 is 20.2 Å². The van der Waals surface area contributed by atoms with E-state index in [0.29, 0.717) is 5.69 Å². The van der Waals surface area contributed by atoms with Crippen molar-refractivity contribution in [3.05, 3.63) is 41.7 Å². The van der Waals surface area contributed by atoms with Crippen LogP contribution in [0.25, 0.3) is 0 Å². The molecule has 22 heavy (non-hydrogen) atoms. The molecule has 0 spiro atoms. The Morgan fingerprint density at radius 3 is 2.59 bits per heavy atom. The van der Waals surface area contributed by atoms with Gasteiger partial charge in [-0.15, -0.1) is 0 Å². The first-order chi connectivity index (χ1) is 10.1. The number of benzene rings is 1. The molecule has 1 aromatic carbocycles. The number of rotatable bonds is 3. The minimum absolute atomic E-state index is 0.104. The van der Waals surface area contributed by atoms with Crippen molar-refractivity contribution >= 4 is 22.0 Å². The van der Waals surface area contributed by atoms with Gasteiger partial charge in [-0.3, -0.25) is 0 Å². The van der Waals surface area contributed by atoms with Gasteiger partial charge in [-0.2, -0.15) is 18.3 Å². The molecule has 1 aromatic heterocycles. The normalized spacial score (nSPS) is 12.9. The van der Waals surface area contributed by atoms with Gasteiger partial charge >= 0.3 is 5.51 Å². The second kappa shape index (κ2) is 5.44. The fourth-order valence-electron chi connectivity index (χ4n) is 1.62. The minimum atomic E-state index is -5.39. The summed E-state index contributed by atoms with van der Waals surface area (Å²) in [5, 5.41) is 3.91. The highest BCUT2D eigenvalue weighted by atomic mass is 32.2. The highest BCUT2D eigenvalue weighted by Gasteiger charge is 2.46. The largest absolute Gasteiger partial charge is 0.501 e. The summed E-state index contributed by atoms with van der Waals surface area (Å²) in [7, 11) is -5.39. The van der Waals surface area contributed by atoms with E-state index in [9.17, 15) is 21.6 Å². The standard InChI is InChI=1S/C12H11F3N4O2S/c1-8-7-19(11(16)18-8)17-6-9-3-2-4-10(5-9)22(20,21)12(13,14)15/h2-7H,1H3,(H2,16,18). The zero-order valence-electron chi connectivity index (χ0n) is 11.2. The van der Waals surface area contributed by atoms with Crippen LogP contribution < -0.4 is 5.73 Å². The van der Waals surface area contributed by atoms with Crippen molar-refractivity contribution in [2.75, 3.05) is 5.73 Å². The van der Waals surface area contributed by atoms with Crippen LogP contribution in [0.5, 0.6) is 0 Å². The van der Waals surface area contributed by atoms with Crippen LogP contribution in [-0.4, -0.2) is 29.8 Å². The predicted molar refractivity (Wildman–Crippen MR) is 74.1 cm³/mol. The zero-order chi connectivity index (χ0) is 16.5. The van der Waals surface area contributed by atoms with E-state index in [2.05, 4.69) is 10.1 Å². The van der Waals surface area contributed by atoms with Crippen LogP contribution >= 0.6 is 0 Å². The Balaban J connectivity index is 2.36. The molecule has 0 aliphatic rings. The first-order valence-corrected chi connectivity index (χ1v) is 7.37. The smallest absolute Gasteiger partial charge is 0.368 e. The van der Waals surface area contributed by atoms with Gasteiger partial charge in [0.1, 0.15) is 0 Å². The SMILES string of the molecule is Cc1cn(N=Cc2cccc(S(=O)(=O)C(F)(F)F)c2)c(N)n1. The van der Waals surface area contributed by atoms with Crippen LogP contribution in [0.2, 0.25) is 0 Å². The fraction of sp³-hybridized carbons (Fsp3) is 0.167. The molecule has 10 heteroatoms. The lowest BCUT2D eigenvalue weighted by Gasteiger charge is -2.08. The molecular weight excluding hydrogens is 321 g/mol. The van der Waals surface area contributed by atoms with Gasteiger partial charge in [-0.05, 0) is 24.6 Å². The van der Waals surface area contributed by atoms with Crippen LogP contribution in [0.1, 0.15) is 11.3 Å². The van der Waals surface area contributed by atoms with Crippen molar-refractivity contribution < 1.29 is 21.6 Å². The molecule has 2 N–H and O–H groups in total. The lowest BCUT2D eigenvalue weighted by Crippen LogP contribution is -2.23. The van der Waals surface area contributed by atoms with Crippen LogP contribution in [0, 0.1) is 6.92 Å². The van der Waals surface area contributed by atoms with E-state index in [4.69, 9.17) is 5.73 Å². The van der Waals surface area contributed by atoms with Crippen LogP contribution in [0.4, 0.5) is 19.1 Å². The summed E-state index contributed by atoms with van der Waals surface area (Å²) in [6.45, 7) is 1.69. The van der Waals surface area contributed by atoms with Gasteiger partial charge in [0.25, 0.3) is 9.84 Å². The molecule has 2 rings (SSSR count). The maximum Gasteiger partial charge on any atom is 0.501 e. The number of halogens is 3. The third-order valence-electron chi connectivity index (χ3n) is 2.64. The Morgan fingerprint density at radius 2 is 2.05 bits per heavy atom. The molecule has 0 amide bonds. The number of aromatic nitrogens is 2. The van der Waals surface area contributed by atoms with Gasteiger partial charge in [0.15, 0.2) is 0 Å². The first kappa shape index (κ1) is 16.0. The summed E-state index contributed by atoms with van der Waals surface area (Å²) in [5.41, 5.74) is 0.994. The monoisotopic (exact) mass is 332 g/mol. The molecule has 118 valence electrons. The van der Waals surface area contributed by atoms with Gasteiger partial charge in [0, 0.05) is 0 Å². The van der Waals surface area contributed by atoms with E-state index in [1.165, 1.54) is 29.2 Å². The maximum absolute atomic E-state index is 12.5. The molecule has 0 fully saturated rings. The second-order valence-corrected chi connectivity index (χ2v) is 6.29. The summed E-state index contributed by atoms with van der Waals surface area (Å²) in [6.07, 6.45) is 2.70. The Morgan fingerprint density at radius 1 is 1.36 bits per heavy atom. The lowest BCUT2D eigenvalue weighted by molar-refractivity contribution is -0.0436. The number of aryl methyl sites for hydroxylation is 1. The van der Waals surface area contributed by atoms with Crippen molar-refractivity contribution in [2.45, 2.75) is 17.3 Å². The van der Waals surface area contributed by atoms with Gasteiger partial charge in [-0.25, -0.2) is 18.1 Å². The summed E-state index contributed by atoms with van der Waals surface area (Å²) < 4.78 is 61.4. The van der Waals surface area contributed by atoms with E-state index in [-0.39, 0.29) is 11.5 Å². The number of imidazole rings is 1. The molecule has 0 radical (unpaired) electrons. The van der Waals surface area contributed by atoms with Crippen molar-refractivity contribution in [3.63, 3.8) is 0 Å². The van der Waals surface area contributed by atoms with Crippen molar-refractivity contribution in [1.29, 1.82) is 0 Å². The summed E-state index contributed by atoms with van der Waals surface area (Å²) in [5.74, 6) is 0.104. The van der Waals surface area contributed by atoms with Crippen molar-refractivity contribution in [1.82, 2.24) is 9.66 Å². The molecule has 1 heterocycles. The number of hydrogen-bond donors (Lipinski definition) is 1. The molecule has 0 saturated heterocycles. The Hall–Kier alpha value is -2.36. The average Bonchev–Trinajstić information content (AvgIpc) is 2.74. The van der Waals surface area contributed by atoms with Gasteiger partial charge < -0.3 is 5.73 Å². The molecule has 6 nitrogen and oxygen atoms in total. The fourth-order valence-corrected chi connectivity index (χ4v) is 2.44. The lowest BCUT2D eigenvalue weighted by atomic mass is 10.2. The van der Waals surface area contributed by atoms with Gasteiger partial charge in [-0.1, -0.05) is 12.1 Å². The summed E-state index contributed by atoms with van der Waals surface area (Å²) >= 11 is 0.